The van der Waals surface area contributed by atoms with Crippen molar-refractivity contribution in [1.29, 1.82) is 0 Å². The maximum atomic E-state index is 11.9. The van der Waals surface area contributed by atoms with E-state index in [-0.39, 0.29) is 11.9 Å². The van der Waals surface area contributed by atoms with Gasteiger partial charge in [0.2, 0.25) is 5.91 Å². The Bertz CT molecular complexity index is 620. The van der Waals surface area contributed by atoms with Gasteiger partial charge < -0.3 is 5.32 Å². The Morgan fingerprint density at radius 1 is 1.14 bits per heavy atom. The minimum atomic E-state index is -0.0523. The van der Waals surface area contributed by atoms with Crippen molar-refractivity contribution in [2.24, 2.45) is 0 Å². The molecule has 0 heterocycles. The molecule has 0 aliphatic carbocycles. The van der Waals surface area contributed by atoms with Gasteiger partial charge in [-0.3, -0.25) is 4.79 Å². The number of halogens is 1. The zero-order valence-electron chi connectivity index (χ0n) is 12.6. The molecule has 2 nitrogen and oxygen atoms in total. The van der Waals surface area contributed by atoms with Gasteiger partial charge in [-0.2, -0.15) is 0 Å². The fraction of sp³-hybridized carbons (Fsp3) is 0.211. The molecule has 0 saturated heterocycles. The van der Waals surface area contributed by atoms with Crippen LogP contribution in [0.4, 0.5) is 0 Å². The molecule has 1 atom stereocenters. The molecule has 0 aliphatic heterocycles. The first-order valence-corrected chi connectivity index (χ1v) is 8.21. The highest BCUT2D eigenvalue weighted by Crippen LogP contribution is 2.11. The van der Waals surface area contributed by atoms with Crippen LogP contribution in [0.2, 0.25) is 0 Å². The van der Waals surface area contributed by atoms with Crippen LogP contribution in [0.1, 0.15) is 24.5 Å². The minimum Gasteiger partial charge on any atom is -0.350 e. The highest BCUT2D eigenvalue weighted by atomic mass is 79.9. The summed E-state index contributed by atoms with van der Waals surface area (Å²) < 4.78 is 1.03. The zero-order valence-corrected chi connectivity index (χ0v) is 14.2. The quantitative estimate of drug-likeness (QED) is 0.752. The average molecular weight is 358 g/mol. The van der Waals surface area contributed by atoms with Crippen LogP contribution in [0.25, 0.3) is 6.08 Å². The standard InChI is InChI=1S/C19H20BrNO/c1-15(7-8-16-5-3-2-4-6-16)21-19(22)14-11-17-9-12-18(20)13-10-17/h2-6,9-15H,7-8H2,1H3,(H,21,22). The van der Waals surface area contributed by atoms with Crippen LogP contribution >= 0.6 is 15.9 Å². The van der Waals surface area contributed by atoms with Crippen LogP contribution in [0, 0.1) is 0 Å². The molecule has 1 unspecified atom stereocenters. The van der Waals surface area contributed by atoms with Crippen LogP contribution in [-0.2, 0) is 11.2 Å². The Labute approximate surface area is 140 Å². The first-order chi connectivity index (χ1) is 10.6. The Balaban J connectivity index is 1.77. The van der Waals surface area contributed by atoms with Gasteiger partial charge in [0.1, 0.15) is 0 Å². The largest absolute Gasteiger partial charge is 0.350 e. The monoisotopic (exact) mass is 357 g/mol. The van der Waals surface area contributed by atoms with Gasteiger partial charge in [0.05, 0.1) is 0 Å². The number of rotatable bonds is 6. The third-order valence-corrected chi connectivity index (χ3v) is 3.92. The van der Waals surface area contributed by atoms with Gasteiger partial charge in [0, 0.05) is 16.6 Å². The van der Waals surface area contributed by atoms with Gasteiger partial charge in [0.15, 0.2) is 0 Å². The molecule has 0 aromatic heterocycles. The molecule has 0 saturated carbocycles. The summed E-state index contributed by atoms with van der Waals surface area (Å²) in [5.41, 5.74) is 2.31. The zero-order chi connectivity index (χ0) is 15.8. The molecule has 2 rings (SSSR count). The Kier molecular flexibility index (Phi) is 6.41. The van der Waals surface area contributed by atoms with E-state index < -0.39 is 0 Å². The number of benzene rings is 2. The first kappa shape index (κ1) is 16.5. The molecule has 114 valence electrons. The van der Waals surface area contributed by atoms with Crippen molar-refractivity contribution in [2.45, 2.75) is 25.8 Å². The Hall–Kier alpha value is -1.87. The van der Waals surface area contributed by atoms with E-state index >= 15 is 0 Å². The molecule has 0 spiro atoms. The van der Waals surface area contributed by atoms with Crippen LogP contribution in [0.15, 0.2) is 65.1 Å². The predicted molar refractivity (Wildman–Crippen MR) is 95.5 cm³/mol. The molecule has 1 N–H and O–H groups in total. The molecule has 0 radical (unpaired) electrons. The maximum absolute atomic E-state index is 11.9. The summed E-state index contributed by atoms with van der Waals surface area (Å²) in [5.74, 6) is -0.0523. The summed E-state index contributed by atoms with van der Waals surface area (Å²) in [7, 11) is 0. The average Bonchev–Trinajstić information content (AvgIpc) is 2.53. The molecule has 0 fully saturated rings. The summed E-state index contributed by atoms with van der Waals surface area (Å²) >= 11 is 3.39. The molecule has 0 bridgehead atoms. The second-order valence-electron chi connectivity index (χ2n) is 5.32. The summed E-state index contributed by atoms with van der Waals surface area (Å²) in [6, 6.07) is 18.3. The van der Waals surface area contributed by atoms with Gasteiger partial charge in [-0.1, -0.05) is 58.4 Å². The minimum absolute atomic E-state index is 0.0523. The number of carbonyl (C=O) groups is 1. The summed E-state index contributed by atoms with van der Waals surface area (Å²) in [6.07, 6.45) is 5.31. The van der Waals surface area contributed by atoms with E-state index in [4.69, 9.17) is 0 Å². The number of hydrogen-bond acceptors (Lipinski definition) is 1. The van der Waals surface area contributed by atoms with Gasteiger partial charge in [-0.05, 0) is 49.1 Å². The number of amides is 1. The number of carbonyl (C=O) groups excluding carboxylic acids is 1. The Morgan fingerprint density at radius 2 is 1.82 bits per heavy atom. The number of nitrogens with one attached hydrogen (secondary N) is 1. The van der Waals surface area contributed by atoms with E-state index in [1.807, 2.05) is 55.5 Å². The van der Waals surface area contributed by atoms with Crippen LogP contribution < -0.4 is 5.32 Å². The molecule has 2 aromatic carbocycles. The predicted octanol–water partition coefficient (Wildman–Crippen LogP) is 4.60. The SMILES string of the molecule is CC(CCc1ccccc1)NC(=O)C=Cc1ccc(Br)cc1. The van der Waals surface area contributed by atoms with Crippen molar-refractivity contribution < 1.29 is 4.79 Å². The molecule has 2 aromatic rings. The van der Waals surface area contributed by atoms with E-state index in [1.165, 1.54) is 5.56 Å². The van der Waals surface area contributed by atoms with Crippen molar-refractivity contribution in [2.75, 3.05) is 0 Å². The lowest BCUT2D eigenvalue weighted by Gasteiger charge is -2.12. The third kappa shape index (κ3) is 5.86. The highest BCUT2D eigenvalue weighted by molar-refractivity contribution is 9.10. The molecular weight excluding hydrogens is 338 g/mol. The first-order valence-electron chi connectivity index (χ1n) is 7.41. The molecule has 3 heteroatoms. The summed E-state index contributed by atoms with van der Waals surface area (Å²) in [4.78, 5) is 11.9. The molecule has 0 aliphatic rings. The maximum Gasteiger partial charge on any atom is 0.244 e. The fourth-order valence-corrected chi connectivity index (χ4v) is 2.40. The normalized spacial score (nSPS) is 12.3. The van der Waals surface area contributed by atoms with E-state index in [0.29, 0.717) is 0 Å². The lowest BCUT2D eigenvalue weighted by Crippen LogP contribution is -2.31. The number of aryl methyl sites for hydroxylation is 1. The van der Waals surface area contributed by atoms with Crippen molar-refractivity contribution >= 4 is 27.9 Å². The smallest absolute Gasteiger partial charge is 0.244 e. The van der Waals surface area contributed by atoms with Crippen molar-refractivity contribution in [3.05, 3.63) is 76.3 Å². The highest BCUT2D eigenvalue weighted by Gasteiger charge is 2.05. The van der Waals surface area contributed by atoms with Crippen LogP contribution in [0.3, 0.4) is 0 Å². The van der Waals surface area contributed by atoms with Gasteiger partial charge in [0.25, 0.3) is 0 Å². The van der Waals surface area contributed by atoms with Crippen molar-refractivity contribution in [1.82, 2.24) is 5.32 Å². The summed E-state index contributed by atoms with van der Waals surface area (Å²) in [5, 5.41) is 3.00. The van der Waals surface area contributed by atoms with E-state index in [2.05, 4.69) is 33.4 Å². The second kappa shape index (κ2) is 8.54. The van der Waals surface area contributed by atoms with E-state index in [9.17, 15) is 4.79 Å². The van der Waals surface area contributed by atoms with Gasteiger partial charge in [-0.15, -0.1) is 0 Å². The van der Waals surface area contributed by atoms with Gasteiger partial charge >= 0.3 is 0 Å². The lowest BCUT2D eigenvalue weighted by atomic mass is 10.1. The Morgan fingerprint density at radius 3 is 2.50 bits per heavy atom. The summed E-state index contributed by atoms with van der Waals surface area (Å²) in [6.45, 7) is 2.04. The molecular formula is C19H20BrNO. The topological polar surface area (TPSA) is 29.1 Å². The number of hydrogen-bond donors (Lipinski definition) is 1. The van der Waals surface area contributed by atoms with E-state index in [0.717, 1.165) is 22.9 Å². The second-order valence-corrected chi connectivity index (χ2v) is 6.23. The fourth-order valence-electron chi connectivity index (χ4n) is 2.14. The molecule has 1 amide bonds. The lowest BCUT2D eigenvalue weighted by molar-refractivity contribution is -0.117. The van der Waals surface area contributed by atoms with E-state index in [1.54, 1.807) is 6.08 Å². The van der Waals surface area contributed by atoms with Crippen molar-refractivity contribution in [3.63, 3.8) is 0 Å². The third-order valence-electron chi connectivity index (χ3n) is 3.39. The van der Waals surface area contributed by atoms with Crippen LogP contribution in [-0.4, -0.2) is 11.9 Å². The van der Waals surface area contributed by atoms with Gasteiger partial charge in [-0.25, -0.2) is 0 Å². The van der Waals surface area contributed by atoms with Crippen molar-refractivity contribution in [3.8, 4) is 0 Å². The molecule has 22 heavy (non-hydrogen) atoms. The van der Waals surface area contributed by atoms with Crippen LogP contribution in [0.5, 0.6) is 0 Å².